The minimum absolute atomic E-state index is 0.160. The highest BCUT2D eigenvalue weighted by atomic mass is 31.2. The van der Waals surface area contributed by atoms with Crippen LogP contribution in [0.4, 0.5) is 0 Å². The van der Waals surface area contributed by atoms with Gasteiger partial charge in [0.2, 0.25) is 0 Å². The van der Waals surface area contributed by atoms with E-state index in [1.165, 1.54) is 122 Å². The molecule has 11 heteroatoms. The molecule has 0 bridgehead atoms. The van der Waals surface area contributed by atoms with Crippen LogP contribution in [-0.2, 0) is 32.7 Å². The van der Waals surface area contributed by atoms with Crippen LogP contribution in [0.2, 0.25) is 0 Å². The van der Waals surface area contributed by atoms with Gasteiger partial charge in [0.1, 0.15) is 12.7 Å². The Hall–Kier alpha value is -1.81. The number of allylic oxidation sites excluding steroid dienone is 5. The second-order valence-corrected chi connectivity index (χ2v) is 15.5. The van der Waals surface area contributed by atoms with Crippen LogP contribution in [0.15, 0.2) is 36.5 Å². The van der Waals surface area contributed by atoms with E-state index in [1.807, 2.05) is 6.08 Å². The maximum absolute atomic E-state index is 12.6. The van der Waals surface area contributed by atoms with Crippen molar-refractivity contribution in [3.8, 4) is 0 Å². The van der Waals surface area contributed by atoms with Crippen molar-refractivity contribution in [2.24, 2.45) is 0 Å². The van der Waals surface area contributed by atoms with Crippen LogP contribution in [0, 0.1) is 0 Å². The predicted molar refractivity (Wildman–Crippen MR) is 214 cm³/mol. The van der Waals surface area contributed by atoms with Gasteiger partial charge in [-0.15, -0.1) is 0 Å². The van der Waals surface area contributed by atoms with Gasteiger partial charge < -0.3 is 24.6 Å². The summed E-state index contributed by atoms with van der Waals surface area (Å²) >= 11 is 0. The highest BCUT2D eigenvalue weighted by Gasteiger charge is 2.27. The Labute approximate surface area is 322 Å². The number of aliphatic hydroxyl groups is 2. The molecule has 0 aliphatic heterocycles. The molecule has 0 saturated heterocycles. The smallest absolute Gasteiger partial charge is 0.458 e. The molecule has 0 aromatic carbocycles. The number of unbranched alkanes of at least 4 members (excludes halogenated alkanes) is 22. The molecule has 0 aromatic heterocycles. The summed E-state index contributed by atoms with van der Waals surface area (Å²) in [4.78, 5) is 34.8. The molecule has 310 valence electrons. The van der Waals surface area contributed by atoms with Crippen molar-refractivity contribution in [2.45, 2.75) is 193 Å². The van der Waals surface area contributed by atoms with Gasteiger partial charge in [-0.05, 0) is 44.9 Å². The van der Waals surface area contributed by atoms with Gasteiger partial charge in [-0.2, -0.15) is 0 Å². The molecular formula is C42H77O10P. The van der Waals surface area contributed by atoms with Crippen molar-refractivity contribution in [2.75, 3.05) is 26.4 Å². The minimum Gasteiger partial charge on any atom is -0.458 e. The summed E-state index contributed by atoms with van der Waals surface area (Å²) < 4.78 is 32.5. The SMILES string of the molecule is CCCCCC/C=C/CCCCCCCCCC(=O)O[C@H](COC(=O)/C=C/C=C/CCCCCCCCCCCCC)COP(=O)(O)OC[C@@H](O)CO. The molecule has 0 radical (unpaired) electrons. The third-order valence-electron chi connectivity index (χ3n) is 8.87. The predicted octanol–water partition coefficient (Wildman–Crippen LogP) is 10.8. The Morgan fingerprint density at radius 1 is 0.604 bits per heavy atom. The quantitative estimate of drug-likeness (QED) is 0.0138. The first-order valence-corrected chi connectivity index (χ1v) is 22.5. The van der Waals surface area contributed by atoms with Crippen LogP contribution >= 0.6 is 7.82 Å². The number of phosphoric acid groups is 1. The van der Waals surface area contributed by atoms with Gasteiger partial charge in [0.15, 0.2) is 6.10 Å². The number of hydrogen-bond donors (Lipinski definition) is 3. The first kappa shape index (κ1) is 51.2. The summed E-state index contributed by atoms with van der Waals surface area (Å²) in [6.07, 6.45) is 38.8. The standard InChI is InChI=1S/C42H77O10P/c1-3-5-7-9-11-13-15-17-19-21-23-25-27-29-31-33-41(45)49-37-40(38-51-53(47,48)50-36-39(44)35-43)52-42(46)34-32-30-28-26-24-22-20-18-16-14-12-10-8-6-4-2/h14,16,27,29,31,33,39-40,43-44H,3-13,15,17-26,28,30,32,34-38H2,1-2H3,(H,47,48)/b16-14+,29-27+,33-31+/t39-,40+/m0/s1. The molecule has 10 nitrogen and oxygen atoms in total. The lowest BCUT2D eigenvalue weighted by Gasteiger charge is -2.20. The number of carbonyl (C=O) groups excluding carboxylic acids is 2. The van der Waals surface area contributed by atoms with Crippen molar-refractivity contribution in [3.63, 3.8) is 0 Å². The Morgan fingerprint density at radius 3 is 1.58 bits per heavy atom. The van der Waals surface area contributed by atoms with Crippen molar-refractivity contribution >= 4 is 19.8 Å². The molecule has 0 aliphatic carbocycles. The summed E-state index contributed by atoms with van der Waals surface area (Å²) in [6, 6.07) is 0. The number of aliphatic hydroxyl groups excluding tert-OH is 2. The van der Waals surface area contributed by atoms with Gasteiger partial charge in [0, 0.05) is 12.5 Å². The van der Waals surface area contributed by atoms with Gasteiger partial charge in [-0.25, -0.2) is 9.36 Å². The fraction of sp³-hybridized carbons (Fsp3) is 0.810. The summed E-state index contributed by atoms with van der Waals surface area (Å²) in [6.45, 7) is 2.23. The molecular weight excluding hydrogens is 695 g/mol. The average Bonchev–Trinajstić information content (AvgIpc) is 3.14. The van der Waals surface area contributed by atoms with E-state index in [4.69, 9.17) is 19.1 Å². The summed E-state index contributed by atoms with van der Waals surface area (Å²) in [5, 5.41) is 18.3. The fourth-order valence-electron chi connectivity index (χ4n) is 5.61. The van der Waals surface area contributed by atoms with Gasteiger partial charge in [-0.3, -0.25) is 13.8 Å². The first-order valence-electron chi connectivity index (χ1n) is 21.0. The Balaban J connectivity index is 4.42. The molecule has 0 aliphatic rings. The lowest BCUT2D eigenvalue weighted by molar-refractivity contribution is -0.159. The van der Waals surface area contributed by atoms with E-state index in [0.717, 1.165) is 38.5 Å². The number of esters is 2. The monoisotopic (exact) mass is 773 g/mol. The minimum atomic E-state index is -4.63. The van der Waals surface area contributed by atoms with Gasteiger partial charge in [0.25, 0.3) is 0 Å². The number of rotatable bonds is 39. The molecule has 0 aromatic rings. The first-order chi connectivity index (χ1) is 25.7. The topological polar surface area (TPSA) is 149 Å². The summed E-state index contributed by atoms with van der Waals surface area (Å²) in [5.41, 5.74) is 0. The third kappa shape index (κ3) is 38.3. The zero-order chi connectivity index (χ0) is 39.1. The van der Waals surface area contributed by atoms with Crippen molar-refractivity contribution < 1.29 is 47.8 Å². The highest BCUT2D eigenvalue weighted by molar-refractivity contribution is 7.47. The molecule has 0 saturated carbocycles. The molecule has 1 unspecified atom stereocenters. The number of ether oxygens (including phenoxy) is 2. The van der Waals surface area contributed by atoms with Crippen molar-refractivity contribution in [1.29, 1.82) is 0 Å². The van der Waals surface area contributed by atoms with E-state index < -0.39 is 51.8 Å². The fourth-order valence-corrected chi connectivity index (χ4v) is 6.40. The van der Waals surface area contributed by atoms with Crippen LogP contribution < -0.4 is 0 Å². The van der Waals surface area contributed by atoms with Crippen LogP contribution in [0.5, 0.6) is 0 Å². The second-order valence-electron chi connectivity index (χ2n) is 14.1. The number of carbonyl (C=O) groups is 2. The van der Waals surface area contributed by atoms with Crippen LogP contribution in [0.3, 0.4) is 0 Å². The van der Waals surface area contributed by atoms with Gasteiger partial charge >= 0.3 is 19.8 Å². The Kier molecular flexibility index (Phi) is 37.2. The molecule has 3 atom stereocenters. The summed E-state index contributed by atoms with van der Waals surface area (Å²) in [5.74, 6) is -1.18. The van der Waals surface area contributed by atoms with Gasteiger partial charge in [0.05, 0.1) is 19.8 Å². The molecule has 0 amide bonds. The zero-order valence-corrected chi connectivity index (χ0v) is 34.4. The molecule has 3 N–H and O–H groups in total. The molecule has 0 fully saturated rings. The normalized spacial score (nSPS) is 14.3. The number of phosphoric ester groups is 1. The van der Waals surface area contributed by atoms with E-state index in [0.29, 0.717) is 6.42 Å². The second kappa shape index (κ2) is 38.5. The van der Waals surface area contributed by atoms with Gasteiger partial charge in [-0.1, -0.05) is 160 Å². The third-order valence-corrected chi connectivity index (χ3v) is 9.82. The number of hydrogen-bond acceptors (Lipinski definition) is 9. The lowest BCUT2D eigenvalue weighted by atomic mass is 10.1. The zero-order valence-electron chi connectivity index (χ0n) is 33.5. The lowest BCUT2D eigenvalue weighted by Crippen LogP contribution is -2.29. The average molecular weight is 773 g/mol. The highest BCUT2D eigenvalue weighted by Crippen LogP contribution is 2.43. The van der Waals surface area contributed by atoms with Crippen molar-refractivity contribution in [1.82, 2.24) is 0 Å². The largest absolute Gasteiger partial charge is 0.472 e. The van der Waals surface area contributed by atoms with Crippen molar-refractivity contribution in [3.05, 3.63) is 36.5 Å². The molecule has 53 heavy (non-hydrogen) atoms. The van der Waals surface area contributed by atoms with E-state index in [-0.39, 0.29) is 13.0 Å². The van der Waals surface area contributed by atoms with Crippen LogP contribution in [0.1, 0.15) is 181 Å². The van der Waals surface area contributed by atoms with E-state index in [1.54, 1.807) is 12.2 Å². The Morgan fingerprint density at radius 2 is 1.06 bits per heavy atom. The maximum Gasteiger partial charge on any atom is 0.472 e. The summed E-state index contributed by atoms with van der Waals surface area (Å²) in [7, 11) is -4.63. The molecule has 0 spiro atoms. The van der Waals surface area contributed by atoms with Crippen LogP contribution in [0.25, 0.3) is 0 Å². The van der Waals surface area contributed by atoms with E-state index >= 15 is 0 Å². The van der Waals surface area contributed by atoms with Crippen LogP contribution in [-0.4, -0.2) is 65.7 Å². The maximum atomic E-state index is 12.6. The Bertz CT molecular complexity index is 983. The molecule has 0 heterocycles. The van der Waals surface area contributed by atoms with E-state index in [9.17, 15) is 24.2 Å². The molecule has 0 rings (SSSR count). The van der Waals surface area contributed by atoms with E-state index in [2.05, 4.69) is 30.5 Å².